The van der Waals surface area contributed by atoms with Gasteiger partial charge in [-0.2, -0.15) is 0 Å². The molecule has 4 saturated carbocycles. The van der Waals surface area contributed by atoms with Gasteiger partial charge in [0.15, 0.2) is 0 Å². The van der Waals surface area contributed by atoms with E-state index < -0.39 is 18.0 Å². The summed E-state index contributed by atoms with van der Waals surface area (Å²) in [5, 5.41) is 18.2. The van der Waals surface area contributed by atoms with E-state index >= 15 is 0 Å². The van der Waals surface area contributed by atoms with Crippen molar-refractivity contribution in [2.75, 3.05) is 0 Å². The third-order valence-corrected chi connectivity index (χ3v) is 12.2. The first-order chi connectivity index (χ1) is 17.3. The number of carboxylic acids is 2. The number of carboxylic acid groups (broad SMARTS) is 2. The summed E-state index contributed by atoms with van der Waals surface area (Å²) in [6, 6.07) is -1.03. The lowest BCUT2D eigenvalue weighted by Crippen LogP contribution is -2.58. The van der Waals surface area contributed by atoms with Gasteiger partial charge in [0.05, 0.1) is 0 Å². The number of rotatable bonds is 9. The molecule has 4 N–H and O–H groups in total. The van der Waals surface area contributed by atoms with Crippen LogP contribution < -0.4 is 5.73 Å². The minimum Gasteiger partial charge on any atom is -0.481 e. The van der Waals surface area contributed by atoms with Gasteiger partial charge in [-0.15, -0.1) is 0 Å². The third kappa shape index (κ3) is 5.18. The molecule has 4 rings (SSSR count). The van der Waals surface area contributed by atoms with E-state index in [4.69, 9.17) is 15.6 Å². The summed E-state index contributed by atoms with van der Waals surface area (Å²) in [7, 11) is 0. The summed E-state index contributed by atoms with van der Waals surface area (Å²) in [5.74, 6) is 1.17. The van der Waals surface area contributed by atoms with Crippen molar-refractivity contribution in [3.05, 3.63) is 0 Å². The van der Waals surface area contributed by atoms with Gasteiger partial charge in [0, 0.05) is 12.8 Å². The van der Waals surface area contributed by atoms with E-state index in [1.54, 1.807) is 0 Å². The highest BCUT2D eigenvalue weighted by Crippen LogP contribution is 2.71. The van der Waals surface area contributed by atoms with Crippen molar-refractivity contribution in [2.45, 2.75) is 123 Å². The molecule has 0 aromatic heterocycles. The van der Waals surface area contributed by atoms with Gasteiger partial charge in [-0.05, 0) is 116 Å². The van der Waals surface area contributed by atoms with Crippen molar-refractivity contribution in [2.24, 2.45) is 51.6 Å². The largest absolute Gasteiger partial charge is 0.481 e. The van der Waals surface area contributed by atoms with Gasteiger partial charge >= 0.3 is 17.9 Å². The first kappa shape index (κ1) is 28.4. The Balaban J connectivity index is 1.40. The van der Waals surface area contributed by atoms with Crippen LogP contribution in [0.25, 0.3) is 0 Å². The van der Waals surface area contributed by atoms with Crippen LogP contribution in [0.4, 0.5) is 0 Å². The molecule has 210 valence electrons. The summed E-state index contributed by atoms with van der Waals surface area (Å²) < 4.78 is 5.85. The van der Waals surface area contributed by atoms with Crippen molar-refractivity contribution in [3.8, 4) is 0 Å². The normalized spacial score (nSPS) is 42.6. The molecule has 0 aromatic rings. The van der Waals surface area contributed by atoms with Crippen LogP contribution in [0.5, 0.6) is 0 Å². The lowest BCUT2D eigenvalue weighted by atomic mass is 9.40. The number of carbonyl (C=O) groups is 3. The molecule has 0 saturated heterocycles. The molecule has 37 heavy (non-hydrogen) atoms. The molecule has 4 aliphatic carbocycles. The van der Waals surface area contributed by atoms with Crippen molar-refractivity contribution >= 4 is 17.9 Å². The lowest BCUT2D eigenvalue weighted by Gasteiger charge is -2.65. The maximum atomic E-state index is 12.4. The molecule has 0 spiro atoms. The van der Waals surface area contributed by atoms with Crippen LogP contribution in [-0.2, 0) is 19.1 Å². The second-order valence-electron chi connectivity index (χ2n) is 13.9. The molecule has 10 atom stereocenters. The molecule has 0 radical (unpaired) electrons. The van der Waals surface area contributed by atoms with E-state index in [0.29, 0.717) is 23.2 Å². The van der Waals surface area contributed by atoms with Crippen molar-refractivity contribution in [1.82, 2.24) is 0 Å². The highest BCUT2D eigenvalue weighted by molar-refractivity contribution is 5.75. The van der Waals surface area contributed by atoms with E-state index in [1.807, 2.05) is 0 Å². The molecule has 7 nitrogen and oxygen atoms in total. The molecule has 0 bridgehead atoms. The van der Waals surface area contributed by atoms with Gasteiger partial charge < -0.3 is 20.7 Å². The Bertz CT molecular complexity index is 891. The maximum Gasteiger partial charge on any atom is 0.320 e. The fourth-order valence-corrected chi connectivity index (χ4v) is 9.86. The van der Waals surface area contributed by atoms with Gasteiger partial charge in [0.2, 0.25) is 0 Å². The summed E-state index contributed by atoms with van der Waals surface area (Å²) >= 11 is 0. The molecular weight excluding hydrogens is 470 g/mol. The molecule has 7 heteroatoms. The molecule has 4 aliphatic rings. The van der Waals surface area contributed by atoms with Crippen LogP contribution in [0.3, 0.4) is 0 Å². The molecule has 0 aromatic carbocycles. The number of hydrogen-bond donors (Lipinski definition) is 3. The zero-order chi connectivity index (χ0) is 27.2. The first-order valence-corrected chi connectivity index (χ1v) is 14.7. The molecular formula is C30H49NO6. The monoisotopic (exact) mass is 519 g/mol. The highest BCUT2D eigenvalue weighted by Gasteiger charge is 2.63. The number of nitrogens with two attached hydrogens (primary N) is 1. The smallest absolute Gasteiger partial charge is 0.320 e. The highest BCUT2D eigenvalue weighted by atomic mass is 16.5. The van der Waals surface area contributed by atoms with E-state index in [-0.39, 0.29) is 42.2 Å². The second-order valence-corrected chi connectivity index (χ2v) is 13.9. The van der Waals surface area contributed by atoms with E-state index in [9.17, 15) is 19.5 Å². The number of carbonyl (C=O) groups excluding carboxylic acids is 1. The number of hydrogen-bond acceptors (Lipinski definition) is 5. The molecule has 0 unspecified atom stereocenters. The molecule has 4 fully saturated rings. The minimum absolute atomic E-state index is 0.0506. The molecule has 0 amide bonds. The Morgan fingerprint density at radius 2 is 1.65 bits per heavy atom. The Labute approximate surface area is 222 Å². The van der Waals surface area contributed by atoms with Crippen LogP contribution in [0.15, 0.2) is 0 Å². The van der Waals surface area contributed by atoms with Crippen LogP contribution in [0.1, 0.15) is 111 Å². The van der Waals surface area contributed by atoms with Gasteiger partial charge in [-0.25, -0.2) is 0 Å². The second kappa shape index (κ2) is 10.5. The van der Waals surface area contributed by atoms with Gasteiger partial charge in [-0.1, -0.05) is 27.7 Å². The van der Waals surface area contributed by atoms with Gasteiger partial charge in [-0.3, -0.25) is 14.4 Å². The zero-order valence-electron chi connectivity index (χ0n) is 23.3. The third-order valence-electron chi connectivity index (χ3n) is 12.2. The Hall–Kier alpha value is -1.63. The van der Waals surface area contributed by atoms with Crippen LogP contribution in [0, 0.1) is 45.8 Å². The summed E-state index contributed by atoms with van der Waals surface area (Å²) in [5.41, 5.74) is 6.25. The van der Waals surface area contributed by atoms with E-state index in [2.05, 4.69) is 27.7 Å². The summed E-state index contributed by atoms with van der Waals surface area (Å²) in [6.07, 6.45) is 11.4. The topological polar surface area (TPSA) is 127 Å². The van der Waals surface area contributed by atoms with E-state index in [1.165, 1.54) is 32.1 Å². The number of esters is 1. The quantitative estimate of drug-likeness (QED) is 0.336. The standard InChI is InChI=1S/C30H49NO6/c1-18(5-9-25(32)33)21-6-7-22-20-12-14-28(2)17-19(37-26(34)10-8-24(31)27(35)36)11-16-30(28,4)23(20)13-15-29(21,22)3/h18-24H,5-17,31H2,1-4H3,(H,32,33)(H,35,36)/t18-,19+,20+,21-,22+,23+,24+,28-,29-,30-/m1/s1. The van der Waals surface area contributed by atoms with Gasteiger partial charge in [0.25, 0.3) is 0 Å². The van der Waals surface area contributed by atoms with Crippen LogP contribution >= 0.6 is 0 Å². The van der Waals surface area contributed by atoms with E-state index in [0.717, 1.165) is 43.9 Å². The first-order valence-electron chi connectivity index (χ1n) is 14.7. The van der Waals surface area contributed by atoms with Crippen LogP contribution in [0.2, 0.25) is 0 Å². The van der Waals surface area contributed by atoms with Crippen LogP contribution in [-0.4, -0.2) is 40.3 Å². The average Bonchev–Trinajstić information content (AvgIpc) is 3.18. The Kier molecular flexibility index (Phi) is 8.05. The van der Waals surface area contributed by atoms with Crippen molar-refractivity contribution in [3.63, 3.8) is 0 Å². The van der Waals surface area contributed by atoms with Crippen molar-refractivity contribution in [1.29, 1.82) is 0 Å². The average molecular weight is 520 g/mol. The summed E-state index contributed by atoms with van der Waals surface area (Å²) in [6.45, 7) is 9.73. The fraction of sp³-hybridized carbons (Fsp3) is 0.900. The predicted octanol–water partition coefficient (Wildman–Crippen LogP) is 5.64. The Morgan fingerprint density at radius 1 is 0.919 bits per heavy atom. The lowest BCUT2D eigenvalue weighted by molar-refractivity contribution is -0.184. The Morgan fingerprint density at radius 3 is 2.32 bits per heavy atom. The SMILES string of the molecule is C[C@H](CCC(=O)O)[C@H]1CC[C@H]2[C@@H]3CC[C@]4(C)C[C@@H](OC(=O)CC[C@H](N)C(=O)O)CC[C@]4(C)[C@H]3CC[C@]12C. The minimum atomic E-state index is -1.09. The maximum absolute atomic E-state index is 12.4. The molecule has 0 aliphatic heterocycles. The van der Waals surface area contributed by atoms with Gasteiger partial charge in [0.1, 0.15) is 12.1 Å². The number of aliphatic carboxylic acids is 2. The molecule has 0 heterocycles. The number of ether oxygens (including phenoxy) is 1. The zero-order valence-corrected chi connectivity index (χ0v) is 23.3. The fourth-order valence-electron chi connectivity index (χ4n) is 9.86. The number of fused-ring (bicyclic) bond motifs is 5. The van der Waals surface area contributed by atoms with Crippen molar-refractivity contribution < 1.29 is 29.3 Å². The summed E-state index contributed by atoms with van der Waals surface area (Å²) in [4.78, 5) is 34.6. The predicted molar refractivity (Wildman–Crippen MR) is 141 cm³/mol.